The van der Waals surface area contributed by atoms with Crippen molar-refractivity contribution in [3.05, 3.63) is 28.8 Å². The minimum absolute atomic E-state index is 0.0345. The molecule has 0 spiro atoms. The summed E-state index contributed by atoms with van der Waals surface area (Å²) in [6.45, 7) is 6.18. The van der Waals surface area contributed by atoms with Gasteiger partial charge in [0.05, 0.1) is 13.0 Å². The lowest BCUT2D eigenvalue weighted by Gasteiger charge is -2.13. The van der Waals surface area contributed by atoms with Crippen LogP contribution >= 0.6 is 0 Å². The lowest BCUT2D eigenvalue weighted by Crippen LogP contribution is -2.06. The quantitative estimate of drug-likeness (QED) is 0.826. The van der Waals surface area contributed by atoms with Crippen molar-refractivity contribution in [3.8, 4) is 5.75 Å². The number of hydrogen-bond donors (Lipinski definition) is 1. The standard InChI is InChI=1S/C12H16O3/c1-8-4-5-9(2)12(10(8)3)15-7-6-11(13)14/h4-5H,6-7H2,1-3H3,(H,13,14). The van der Waals surface area contributed by atoms with Crippen LogP contribution < -0.4 is 4.74 Å². The summed E-state index contributed by atoms with van der Waals surface area (Å²) in [6, 6.07) is 4.02. The summed E-state index contributed by atoms with van der Waals surface area (Å²) in [4.78, 5) is 10.3. The summed E-state index contributed by atoms with van der Waals surface area (Å²) in [6.07, 6.45) is 0.0345. The Hall–Kier alpha value is -1.51. The van der Waals surface area contributed by atoms with Crippen LogP contribution in [-0.4, -0.2) is 17.7 Å². The average molecular weight is 208 g/mol. The molecule has 0 fully saturated rings. The smallest absolute Gasteiger partial charge is 0.306 e. The Balaban J connectivity index is 2.75. The second-order valence-corrected chi connectivity index (χ2v) is 3.65. The third-order valence-corrected chi connectivity index (χ3v) is 2.44. The van der Waals surface area contributed by atoms with E-state index in [-0.39, 0.29) is 13.0 Å². The van der Waals surface area contributed by atoms with Crippen LogP contribution in [0.5, 0.6) is 5.75 Å². The Morgan fingerprint density at radius 2 is 1.87 bits per heavy atom. The van der Waals surface area contributed by atoms with Crippen molar-refractivity contribution in [2.24, 2.45) is 0 Å². The summed E-state index contributed by atoms with van der Waals surface area (Å²) in [7, 11) is 0. The van der Waals surface area contributed by atoms with Gasteiger partial charge in [0.2, 0.25) is 0 Å². The Bertz CT molecular complexity index is 369. The average Bonchev–Trinajstić information content (AvgIpc) is 2.17. The van der Waals surface area contributed by atoms with Crippen molar-refractivity contribution in [1.29, 1.82) is 0 Å². The minimum Gasteiger partial charge on any atom is -0.492 e. The molecule has 0 amide bonds. The van der Waals surface area contributed by atoms with Gasteiger partial charge in [-0.15, -0.1) is 0 Å². The number of carboxylic acids is 1. The number of hydrogen-bond acceptors (Lipinski definition) is 2. The molecule has 15 heavy (non-hydrogen) atoms. The molecule has 0 aliphatic carbocycles. The number of carbonyl (C=O) groups is 1. The monoisotopic (exact) mass is 208 g/mol. The van der Waals surface area contributed by atoms with Gasteiger partial charge >= 0.3 is 5.97 Å². The molecule has 0 aliphatic heterocycles. The van der Waals surface area contributed by atoms with E-state index in [9.17, 15) is 4.79 Å². The number of aliphatic carboxylic acids is 1. The molecule has 0 saturated carbocycles. The van der Waals surface area contributed by atoms with Gasteiger partial charge in [-0.3, -0.25) is 4.79 Å². The van der Waals surface area contributed by atoms with Crippen LogP contribution in [0.4, 0.5) is 0 Å². The van der Waals surface area contributed by atoms with Crippen LogP contribution in [0, 0.1) is 20.8 Å². The second kappa shape index (κ2) is 4.82. The van der Waals surface area contributed by atoms with Crippen LogP contribution in [0.15, 0.2) is 12.1 Å². The Kier molecular flexibility index (Phi) is 3.72. The molecular weight excluding hydrogens is 192 g/mol. The topological polar surface area (TPSA) is 46.5 Å². The molecule has 0 bridgehead atoms. The van der Waals surface area contributed by atoms with Gasteiger partial charge in [0.15, 0.2) is 0 Å². The molecule has 3 heteroatoms. The number of benzene rings is 1. The molecular formula is C12H16O3. The molecule has 0 aromatic heterocycles. The normalized spacial score (nSPS) is 10.1. The molecule has 82 valence electrons. The van der Waals surface area contributed by atoms with E-state index in [1.54, 1.807) is 0 Å². The molecule has 1 aromatic carbocycles. The number of ether oxygens (including phenoxy) is 1. The van der Waals surface area contributed by atoms with Gasteiger partial charge in [-0.1, -0.05) is 12.1 Å². The summed E-state index contributed by atoms with van der Waals surface area (Å²) >= 11 is 0. The molecule has 0 heterocycles. The van der Waals surface area contributed by atoms with Gasteiger partial charge in [0.1, 0.15) is 5.75 Å². The molecule has 0 radical (unpaired) electrons. The maximum absolute atomic E-state index is 10.3. The van der Waals surface area contributed by atoms with E-state index in [4.69, 9.17) is 9.84 Å². The molecule has 0 saturated heterocycles. The van der Waals surface area contributed by atoms with E-state index in [1.165, 1.54) is 0 Å². The SMILES string of the molecule is Cc1ccc(C)c(OCCC(=O)O)c1C. The highest BCUT2D eigenvalue weighted by Gasteiger charge is 2.06. The fourth-order valence-corrected chi connectivity index (χ4v) is 1.39. The number of rotatable bonds is 4. The van der Waals surface area contributed by atoms with Gasteiger partial charge in [-0.25, -0.2) is 0 Å². The van der Waals surface area contributed by atoms with E-state index in [2.05, 4.69) is 0 Å². The largest absolute Gasteiger partial charge is 0.492 e. The molecule has 1 aromatic rings. The van der Waals surface area contributed by atoms with Crippen molar-refractivity contribution < 1.29 is 14.6 Å². The lowest BCUT2D eigenvalue weighted by atomic mass is 10.1. The summed E-state index contributed by atoms with van der Waals surface area (Å²) < 4.78 is 5.48. The van der Waals surface area contributed by atoms with E-state index in [0.717, 1.165) is 22.4 Å². The summed E-state index contributed by atoms with van der Waals surface area (Å²) in [5, 5.41) is 8.50. The van der Waals surface area contributed by atoms with Crippen LogP contribution in [0.2, 0.25) is 0 Å². The third-order valence-electron chi connectivity index (χ3n) is 2.44. The zero-order valence-electron chi connectivity index (χ0n) is 9.33. The van der Waals surface area contributed by atoms with Crippen LogP contribution in [0.1, 0.15) is 23.1 Å². The van der Waals surface area contributed by atoms with Crippen LogP contribution in [-0.2, 0) is 4.79 Å². The fourth-order valence-electron chi connectivity index (χ4n) is 1.39. The van der Waals surface area contributed by atoms with E-state index in [0.29, 0.717) is 0 Å². The first-order chi connectivity index (χ1) is 7.02. The van der Waals surface area contributed by atoms with Crippen molar-refractivity contribution in [1.82, 2.24) is 0 Å². The molecule has 1 rings (SSSR count). The Labute approximate surface area is 89.7 Å². The number of carboxylic acid groups (broad SMARTS) is 1. The van der Waals surface area contributed by atoms with Crippen molar-refractivity contribution in [2.45, 2.75) is 27.2 Å². The highest BCUT2D eigenvalue weighted by Crippen LogP contribution is 2.25. The molecule has 0 aliphatic rings. The zero-order valence-corrected chi connectivity index (χ0v) is 9.33. The van der Waals surface area contributed by atoms with Gasteiger partial charge in [-0.2, -0.15) is 0 Å². The molecule has 1 N–H and O–H groups in total. The van der Waals surface area contributed by atoms with Crippen molar-refractivity contribution >= 4 is 5.97 Å². The Morgan fingerprint density at radius 1 is 1.27 bits per heavy atom. The first-order valence-corrected chi connectivity index (χ1v) is 4.93. The van der Waals surface area contributed by atoms with E-state index >= 15 is 0 Å². The van der Waals surface area contributed by atoms with Gasteiger partial charge in [0, 0.05) is 0 Å². The Morgan fingerprint density at radius 3 is 2.47 bits per heavy atom. The predicted octanol–water partition coefficient (Wildman–Crippen LogP) is 2.47. The van der Waals surface area contributed by atoms with Gasteiger partial charge in [-0.05, 0) is 37.5 Å². The predicted molar refractivity (Wildman–Crippen MR) is 58.4 cm³/mol. The molecule has 0 unspecified atom stereocenters. The number of aryl methyl sites for hydroxylation is 2. The zero-order chi connectivity index (χ0) is 11.4. The summed E-state index contributed by atoms with van der Waals surface area (Å²) in [5.74, 6) is -0.0193. The van der Waals surface area contributed by atoms with Crippen molar-refractivity contribution in [3.63, 3.8) is 0 Å². The van der Waals surface area contributed by atoms with E-state index < -0.39 is 5.97 Å². The highest BCUT2D eigenvalue weighted by atomic mass is 16.5. The lowest BCUT2D eigenvalue weighted by molar-refractivity contribution is -0.137. The van der Waals surface area contributed by atoms with Crippen molar-refractivity contribution in [2.75, 3.05) is 6.61 Å². The van der Waals surface area contributed by atoms with Crippen LogP contribution in [0.25, 0.3) is 0 Å². The van der Waals surface area contributed by atoms with Gasteiger partial charge < -0.3 is 9.84 Å². The van der Waals surface area contributed by atoms with Crippen LogP contribution in [0.3, 0.4) is 0 Å². The second-order valence-electron chi connectivity index (χ2n) is 3.65. The summed E-state index contributed by atoms with van der Waals surface area (Å²) in [5.41, 5.74) is 3.29. The highest BCUT2D eigenvalue weighted by molar-refractivity contribution is 5.66. The first-order valence-electron chi connectivity index (χ1n) is 4.93. The van der Waals surface area contributed by atoms with E-state index in [1.807, 2.05) is 32.9 Å². The van der Waals surface area contributed by atoms with Gasteiger partial charge in [0.25, 0.3) is 0 Å². The maximum Gasteiger partial charge on any atom is 0.306 e. The fraction of sp³-hybridized carbons (Fsp3) is 0.417. The minimum atomic E-state index is -0.835. The molecule has 0 atom stereocenters. The maximum atomic E-state index is 10.3. The third kappa shape index (κ3) is 2.98. The first kappa shape index (κ1) is 11.6. The molecule has 3 nitrogen and oxygen atoms in total.